The minimum absolute atomic E-state index is 0.0517. The Bertz CT molecular complexity index is 448. The number of amides is 1. The molecule has 2 rings (SSSR count). The van der Waals surface area contributed by atoms with Crippen LogP contribution in [0.25, 0.3) is 0 Å². The van der Waals surface area contributed by atoms with E-state index < -0.39 is 6.04 Å². The molecule has 0 saturated carbocycles. The molecule has 0 heterocycles. The minimum atomic E-state index is -0.467. The van der Waals surface area contributed by atoms with Gasteiger partial charge in [0.05, 0.1) is 12.1 Å². The van der Waals surface area contributed by atoms with E-state index in [2.05, 4.69) is 17.4 Å². The smallest absolute Gasteiger partial charge is 0.237 e. The summed E-state index contributed by atoms with van der Waals surface area (Å²) in [6, 6.07) is 7.95. The molecular weight excluding hydrogens is 224 g/mol. The van der Waals surface area contributed by atoms with Gasteiger partial charge in [-0.15, -0.1) is 0 Å². The monoisotopic (exact) mass is 246 g/mol. The Kier molecular flexibility index (Phi) is 3.44. The zero-order valence-corrected chi connectivity index (χ0v) is 11.4. The lowest BCUT2D eigenvalue weighted by atomic mass is 9.86. The number of nitrogens with two attached hydrogens (primary N) is 1. The molecule has 1 aliphatic carbocycles. The lowest BCUT2D eigenvalue weighted by molar-refractivity contribution is -0.125. The number of fused-ring (bicyclic) bond motifs is 1. The number of carbonyl (C=O) groups is 1. The summed E-state index contributed by atoms with van der Waals surface area (Å²) in [5, 5.41) is 3.08. The van der Waals surface area contributed by atoms with Gasteiger partial charge < -0.3 is 11.1 Å². The van der Waals surface area contributed by atoms with E-state index in [0.717, 1.165) is 12.8 Å². The van der Waals surface area contributed by atoms with E-state index >= 15 is 0 Å². The molecule has 0 aliphatic heterocycles. The number of nitrogens with one attached hydrogen (secondary N) is 1. The second-order valence-electron chi connectivity index (χ2n) is 6.14. The third-order valence-electron chi connectivity index (χ3n) is 3.66. The van der Waals surface area contributed by atoms with Crippen LogP contribution in [0.1, 0.15) is 44.4 Å². The van der Waals surface area contributed by atoms with E-state index in [0.29, 0.717) is 0 Å². The minimum Gasteiger partial charge on any atom is -0.348 e. The van der Waals surface area contributed by atoms with Gasteiger partial charge in [-0.3, -0.25) is 4.79 Å². The highest BCUT2D eigenvalue weighted by atomic mass is 16.2. The fourth-order valence-electron chi connectivity index (χ4n) is 2.36. The van der Waals surface area contributed by atoms with Crippen LogP contribution in [0.5, 0.6) is 0 Å². The van der Waals surface area contributed by atoms with Crippen LogP contribution >= 0.6 is 0 Å². The van der Waals surface area contributed by atoms with Gasteiger partial charge in [0.1, 0.15) is 0 Å². The van der Waals surface area contributed by atoms with Gasteiger partial charge in [0, 0.05) is 0 Å². The van der Waals surface area contributed by atoms with Crippen LogP contribution in [0.2, 0.25) is 0 Å². The number of hydrogen-bond donors (Lipinski definition) is 2. The second-order valence-corrected chi connectivity index (χ2v) is 6.14. The van der Waals surface area contributed by atoms with Gasteiger partial charge in [-0.2, -0.15) is 0 Å². The number of benzene rings is 1. The Morgan fingerprint density at radius 1 is 1.39 bits per heavy atom. The molecular formula is C15H22N2O. The van der Waals surface area contributed by atoms with E-state index in [1.807, 2.05) is 32.9 Å². The van der Waals surface area contributed by atoms with Crippen molar-refractivity contribution in [2.45, 2.75) is 45.7 Å². The highest BCUT2D eigenvalue weighted by Gasteiger charge is 2.30. The lowest BCUT2D eigenvalue weighted by Gasteiger charge is -2.27. The van der Waals surface area contributed by atoms with Gasteiger partial charge in [0.15, 0.2) is 0 Å². The highest BCUT2D eigenvalue weighted by molar-refractivity contribution is 5.82. The molecule has 2 atom stereocenters. The van der Waals surface area contributed by atoms with E-state index in [1.165, 1.54) is 11.1 Å². The van der Waals surface area contributed by atoms with Crippen LogP contribution in [0.15, 0.2) is 24.3 Å². The first-order valence-corrected chi connectivity index (χ1v) is 6.53. The predicted octanol–water partition coefficient (Wildman–Crippen LogP) is 2.16. The molecule has 1 aromatic carbocycles. The van der Waals surface area contributed by atoms with Gasteiger partial charge in [0.2, 0.25) is 5.91 Å². The van der Waals surface area contributed by atoms with Crippen LogP contribution in [0.4, 0.5) is 0 Å². The Balaban J connectivity index is 2.06. The maximum atomic E-state index is 12.1. The van der Waals surface area contributed by atoms with Crippen LogP contribution in [-0.4, -0.2) is 11.9 Å². The average Bonchev–Trinajstić information content (AvgIpc) is 2.70. The summed E-state index contributed by atoms with van der Waals surface area (Å²) in [6.07, 6.45) is 2.01. The Morgan fingerprint density at radius 3 is 2.72 bits per heavy atom. The molecule has 3 N–H and O–H groups in total. The fraction of sp³-hybridized carbons (Fsp3) is 0.533. The molecule has 0 fully saturated rings. The van der Waals surface area contributed by atoms with Crippen molar-refractivity contribution >= 4 is 5.91 Å². The van der Waals surface area contributed by atoms with Crippen molar-refractivity contribution in [1.29, 1.82) is 0 Å². The summed E-state index contributed by atoms with van der Waals surface area (Å²) in [5.74, 6) is -0.0517. The number of hydrogen-bond acceptors (Lipinski definition) is 2. The first kappa shape index (κ1) is 13.1. The van der Waals surface area contributed by atoms with Gasteiger partial charge in [-0.1, -0.05) is 45.0 Å². The van der Waals surface area contributed by atoms with Gasteiger partial charge in [-0.25, -0.2) is 0 Å². The standard InChI is InChI=1S/C15H22N2O/c1-15(2,3)13(16)14(18)17-12-9-8-10-6-4-5-7-11(10)12/h4-7,12-13H,8-9,16H2,1-3H3,(H,17,18). The van der Waals surface area contributed by atoms with E-state index in [9.17, 15) is 4.79 Å². The van der Waals surface area contributed by atoms with Gasteiger partial charge in [-0.05, 0) is 29.4 Å². The summed E-state index contributed by atoms with van der Waals surface area (Å²) < 4.78 is 0. The van der Waals surface area contributed by atoms with E-state index in [4.69, 9.17) is 5.73 Å². The summed E-state index contributed by atoms with van der Waals surface area (Å²) in [7, 11) is 0. The van der Waals surface area contributed by atoms with Crippen molar-refractivity contribution < 1.29 is 4.79 Å². The van der Waals surface area contributed by atoms with Crippen molar-refractivity contribution in [3.63, 3.8) is 0 Å². The SMILES string of the molecule is CC(C)(C)C(N)C(=O)NC1CCc2ccccc21. The third kappa shape index (κ3) is 2.56. The van der Waals surface area contributed by atoms with E-state index in [1.54, 1.807) is 0 Å². The highest BCUT2D eigenvalue weighted by Crippen LogP contribution is 2.31. The van der Waals surface area contributed by atoms with Crippen molar-refractivity contribution in [2.75, 3.05) is 0 Å². The molecule has 0 saturated heterocycles. The zero-order chi connectivity index (χ0) is 13.3. The predicted molar refractivity (Wildman–Crippen MR) is 73.1 cm³/mol. The van der Waals surface area contributed by atoms with Crippen LogP contribution in [-0.2, 0) is 11.2 Å². The number of aryl methyl sites for hydroxylation is 1. The molecule has 1 aromatic rings. The fourth-order valence-corrected chi connectivity index (χ4v) is 2.36. The van der Waals surface area contributed by atoms with Crippen LogP contribution < -0.4 is 11.1 Å². The van der Waals surface area contributed by atoms with E-state index in [-0.39, 0.29) is 17.4 Å². The molecule has 3 nitrogen and oxygen atoms in total. The summed E-state index contributed by atoms with van der Waals surface area (Å²) in [6.45, 7) is 5.96. The molecule has 98 valence electrons. The normalized spacial score (nSPS) is 20.3. The van der Waals surface area contributed by atoms with Crippen molar-refractivity contribution in [1.82, 2.24) is 5.32 Å². The Hall–Kier alpha value is -1.35. The van der Waals surface area contributed by atoms with Crippen molar-refractivity contribution in [3.05, 3.63) is 35.4 Å². The molecule has 18 heavy (non-hydrogen) atoms. The maximum Gasteiger partial charge on any atom is 0.237 e. The quantitative estimate of drug-likeness (QED) is 0.840. The molecule has 0 spiro atoms. The van der Waals surface area contributed by atoms with Gasteiger partial charge in [0.25, 0.3) is 0 Å². The molecule has 0 aromatic heterocycles. The molecule has 1 amide bonds. The van der Waals surface area contributed by atoms with Crippen LogP contribution in [0, 0.1) is 5.41 Å². The van der Waals surface area contributed by atoms with Gasteiger partial charge >= 0.3 is 0 Å². The first-order chi connectivity index (χ1) is 8.39. The summed E-state index contributed by atoms with van der Waals surface area (Å²) in [5.41, 5.74) is 8.36. The topological polar surface area (TPSA) is 55.1 Å². The molecule has 3 heteroatoms. The second kappa shape index (κ2) is 4.73. The summed E-state index contributed by atoms with van der Waals surface area (Å²) in [4.78, 5) is 12.1. The average molecular weight is 246 g/mol. The Morgan fingerprint density at radius 2 is 2.06 bits per heavy atom. The molecule has 2 unspecified atom stereocenters. The molecule has 0 radical (unpaired) electrons. The molecule has 1 aliphatic rings. The Labute approximate surface area is 109 Å². The first-order valence-electron chi connectivity index (χ1n) is 6.53. The summed E-state index contributed by atoms with van der Waals surface area (Å²) >= 11 is 0. The van der Waals surface area contributed by atoms with Crippen molar-refractivity contribution in [2.24, 2.45) is 11.1 Å². The number of rotatable bonds is 2. The third-order valence-corrected chi connectivity index (χ3v) is 3.66. The molecule has 0 bridgehead atoms. The lowest BCUT2D eigenvalue weighted by Crippen LogP contribution is -2.49. The largest absolute Gasteiger partial charge is 0.348 e. The zero-order valence-electron chi connectivity index (χ0n) is 11.4. The maximum absolute atomic E-state index is 12.1. The number of carbonyl (C=O) groups excluding carboxylic acids is 1. The van der Waals surface area contributed by atoms with Crippen molar-refractivity contribution in [3.8, 4) is 0 Å². The van der Waals surface area contributed by atoms with Crippen LogP contribution in [0.3, 0.4) is 0 Å².